The van der Waals surface area contributed by atoms with Crippen LogP contribution >= 0.6 is 61.8 Å². The summed E-state index contributed by atoms with van der Waals surface area (Å²) < 4.78 is 49.2. The summed E-state index contributed by atoms with van der Waals surface area (Å²) in [5, 5.41) is 28.5. The fourth-order valence-corrected chi connectivity index (χ4v) is 9.52. The minimum atomic E-state index is -1.06. The number of hydrogen-bond acceptors (Lipinski definition) is 17. The highest BCUT2D eigenvalue weighted by atomic mass is 79.9. The van der Waals surface area contributed by atoms with Gasteiger partial charge in [-0.15, -0.1) is 22.7 Å². The molecule has 2 aromatic carbocycles. The number of thiazole rings is 2. The summed E-state index contributed by atoms with van der Waals surface area (Å²) in [6.07, 6.45) is 11.4. The number of amidine groups is 2. The maximum Gasteiger partial charge on any atom is 0.338 e. The number of methoxy groups -OCH3 is 2. The minimum Gasteiger partial charge on any atom is -0.478 e. The van der Waals surface area contributed by atoms with Crippen molar-refractivity contribution in [2.45, 2.75) is 43.6 Å². The Morgan fingerprint density at radius 2 is 1.30 bits per heavy atom. The smallest absolute Gasteiger partial charge is 0.338 e. The number of carbonyl (C=O) groups is 4. The van der Waals surface area contributed by atoms with Crippen LogP contribution in [0.25, 0.3) is 0 Å². The Labute approximate surface area is 432 Å². The molecule has 4 aromatic rings. The number of allylic oxidation sites excluding steroid dienone is 1. The Morgan fingerprint density at radius 3 is 1.76 bits per heavy atom. The number of nitrogens with zero attached hydrogens (tertiary/aromatic N) is 5. The Hall–Kier alpha value is -5.72. The van der Waals surface area contributed by atoms with Crippen molar-refractivity contribution in [2.75, 3.05) is 52.4 Å². The van der Waals surface area contributed by atoms with Crippen molar-refractivity contribution < 1.29 is 57.1 Å². The fraction of sp³-hybridized carbons (Fsp3) is 0.319. The van der Waals surface area contributed by atoms with Gasteiger partial charge in [-0.2, -0.15) is 0 Å². The van der Waals surface area contributed by atoms with Gasteiger partial charge in [0.15, 0.2) is 21.7 Å². The topological polar surface area (TPSA) is 223 Å². The van der Waals surface area contributed by atoms with Crippen molar-refractivity contribution in [1.29, 1.82) is 0 Å². The lowest BCUT2D eigenvalue weighted by Gasteiger charge is -2.34. The van der Waals surface area contributed by atoms with E-state index in [9.17, 15) is 28.0 Å². The highest BCUT2D eigenvalue weighted by Gasteiger charge is 2.36. The number of aliphatic carboxylic acids is 2. The molecule has 6 heterocycles. The van der Waals surface area contributed by atoms with Gasteiger partial charge in [-0.25, -0.2) is 37.9 Å². The minimum absolute atomic E-state index is 0.0276. The molecule has 4 aliphatic heterocycles. The van der Waals surface area contributed by atoms with Gasteiger partial charge in [-0.1, -0.05) is 63.4 Å². The molecule has 0 amide bonds. The van der Waals surface area contributed by atoms with Crippen molar-refractivity contribution in [3.8, 4) is 0 Å². The molecular formula is C47H46BrCl2F2N7O10S2. The van der Waals surface area contributed by atoms with Gasteiger partial charge in [0, 0.05) is 89.4 Å². The van der Waals surface area contributed by atoms with E-state index in [0.29, 0.717) is 69.2 Å². The van der Waals surface area contributed by atoms with Gasteiger partial charge >= 0.3 is 23.9 Å². The standard InChI is InChI=1S/C23H22ClFN4O5S.C16H12BrClFN3O2S.C8H12O3/c1-33-23(32)18-16(12-29-8-9-34-13(11-29)5-6-17(30)31)27-21(22-26-7-10-35-22)28-20(18)14-3-2-4-15(25)19(14)24;1-24-16(23)11-10(7-17)21-14(15-20-5-6-25-15)22-13(11)8-3-2-4-9(19)12(8)18;9-8(10)5-4-7-3-1-2-6-11-7/h2-7,10,13,20H,8-9,11-12H2,1H3,(H,27,28)(H,30,31);2-6,13H,7H2,1H3,(H,21,22);4-5,7H,1-3,6H2,(H,9,10)/b6-5+;;5-4+/t13-,20+;13-;7-/m100/s1. The molecule has 376 valence electrons. The van der Waals surface area contributed by atoms with E-state index in [1.54, 1.807) is 36.0 Å². The van der Waals surface area contributed by atoms with Crippen LogP contribution in [-0.2, 0) is 38.1 Å². The molecule has 0 unspecified atom stereocenters. The van der Waals surface area contributed by atoms with Crippen molar-refractivity contribution in [3.05, 3.63) is 149 Å². The number of esters is 2. The van der Waals surface area contributed by atoms with Gasteiger partial charge in [0.2, 0.25) is 0 Å². The van der Waals surface area contributed by atoms with Gasteiger partial charge in [-0.05, 0) is 43.5 Å². The van der Waals surface area contributed by atoms with Gasteiger partial charge in [0.05, 0.1) is 54.2 Å². The van der Waals surface area contributed by atoms with Crippen LogP contribution < -0.4 is 10.6 Å². The molecule has 2 fully saturated rings. The lowest BCUT2D eigenvalue weighted by Crippen LogP contribution is -2.46. The van der Waals surface area contributed by atoms with Gasteiger partial charge in [0.25, 0.3) is 0 Å². The first-order chi connectivity index (χ1) is 34.2. The van der Waals surface area contributed by atoms with Crippen LogP contribution in [0.1, 0.15) is 52.5 Å². The molecule has 8 rings (SSSR count). The predicted molar refractivity (Wildman–Crippen MR) is 267 cm³/mol. The molecule has 0 saturated carbocycles. The number of nitrogens with one attached hydrogen (secondary N) is 2. The summed E-state index contributed by atoms with van der Waals surface area (Å²) in [5.74, 6) is -3.45. The summed E-state index contributed by atoms with van der Waals surface area (Å²) >= 11 is 18.6. The van der Waals surface area contributed by atoms with Gasteiger partial charge < -0.3 is 39.8 Å². The molecule has 0 spiro atoms. The third-order valence-corrected chi connectivity index (χ3v) is 13.6. The van der Waals surface area contributed by atoms with Crippen molar-refractivity contribution in [1.82, 2.24) is 25.5 Å². The number of aliphatic imine (C=N–C) groups is 2. The molecular weight excluding hydrogens is 1080 g/mol. The third kappa shape index (κ3) is 14.7. The van der Waals surface area contributed by atoms with E-state index >= 15 is 0 Å². The zero-order valence-corrected chi connectivity index (χ0v) is 42.6. The van der Waals surface area contributed by atoms with Crippen LogP contribution in [-0.4, -0.2) is 125 Å². The van der Waals surface area contributed by atoms with Crippen LogP contribution in [0.2, 0.25) is 10.0 Å². The lowest BCUT2D eigenvalue weighted by atomic mass is 9.95. The average molecular weight is 1120 g/mol. The van der Waals surface area contributed by atoms with Crippen LogP contribution in [0.4, 0.5) is 8.78 Å². The monoisotopic (exact) mass is 1120 g/mol. The van der Waals surface area contributed by atoms with E-state index in [-0.39, 0.29) is 33.8 Å². The molecule has 2 aromatic heterocycles. The number of morpholine rings is 1. The molecule has 24 heteroatoms. The Morgan fingerprint density at radius 1 is 0.789 bits per heavy atom. The maximum absolute atomic E-state index is 14.3. The molecule has 0 radical (unpaired) electrons. The second kappa shape index (κ2) is 26.6. The van der Waals surface area contributed by atoms with Crippen LogP contribution in [0.15, 0.2) is 116 Å². The van der Waals surface area contributed by atoms with Crippen LogP contribution in [0.5, 0.6) is 0 Å². The Balaban J connectivity index is 0.000000198. The van der Waals surface area contributed by atoms with E-state index in [4.69, 9.17) is 52.4 Å². The summed E-state index contributed by atoms with van der Waals surface area (Å²) in [7, 11) is 2.55. The lowest BCUT2D eigenvalue weighted by molar-refractivity contribution is -0.137. The number of carboxylic acids is 2. The number of hydrogen-bond donors (Lipinski definition) is 4. The van der Waals surface area contributed by atoms with Gasteiger partial charge in [0.1, 0.15) is 23.7 Å². The van der Waals surface area contributed by atoms with E-state index in [1.807, 2.05) is 10.3 Å². The summed E-state index contributed by atoms with van der Waals surface area (Å²) in [6.45, 7) is 2.36. The number of carbonyl (C=O) groups excluding carboxylic acids is 2. The number of alkyl halides is 1. The quantitative estimate of drug-likeness (QED) is 0.0569. The number of carboxylic acid groups (broad SMARTS) is 2. The molecule has 0 bridgehead atoms. The highest BCUT2D eigenvalue weighted by molar-refractivity contribution is 9.09. The molecule has 17 nitrogen and oxygen atoms in total. The third-order valence-electron chi connectivity index (χ3n) is 10.7. The van der Waals surface area contributed by atoms with E-state index in [1.165, 1.54) is 67.2 Å². The van der Waals surface area contributed by atoms with Gasteiger partial charge in [-0.3, -0.25) is 14.9 Å². The summed E-state index contributed by atoms with van der Waals surface area (Å²) in [6, 6.07) is 7.05. The Kier molecular flexibility index (Phi) is 20.5. The van der Waals surface area contributed by atoms with Crippen LogP contribution in [0, 0.1) is 11.6 Å². The predicted octanol–water partition coefficient (Wildman–Crippen LogP) is 7.84. The molecule has 4 aliphatic rings. The first-order valence-corrected chi connectivity index (χ1v) is 25.2. The normalized spacial score (nSPS) is 20.4. The fourth-order valence-electron chi connectivity index (χ4n) is 7.45. The maximum atomic E-state index is 14.3. The zero-order chi connectivity index (χ0) is 51.0. The van der Waals surface area contributed by atoms with Crippen molar-refractivity contribution in [2.24, 2.45) is 9.98 Å². The molecule has 0 aliphatic carbocycles. The second-order valence-electron chi connectivity index (χ2n) is 15.3. The SMILES string of the molecule is COC(=O)C1=C(CBr)NC(c2nccs2)=N[C@H]1c1cccc(F)c1Cl.COC(=O)C1=C(CN2CCO[C@H](/C=C/C(=O)O)C2)NC(c2nccs2)=N[C@H]1c1cccc(F)c1Cl.O=C(O)/C=C/[C@@H]1CCCCO1. The number of halogens is 5. The van der Waals surface area contributed by atoms with Crippen LogP contribution in [0.3, 0.4) is 0 Å². The number of ether oxygens (including phenoxy) is 4. The molecule has 71 heavy (non-hydrogen) atoms. The molecule has 4 N–H and O–H groups in total. The first-order valence-electron chi connectivity index (χ1n) is 21.6. The van der Waals surface area contributed by atoms with Crippen molar-refractivity contribution >= 4 is 97.4 Å². The molecule has 2 saturated heterocycles. The number of benzene rings is 2. The number of rotatable bonds is 13. The molecule has 4 atom stereocenters. The summed E-state index contributed by atoms with van der Waals surface area (Å²) in [5.41, 5.74) is 2.25. The largest absolute Gasteiger partial charge is 0.478 e. The van der Waals surface area contributed by atoms with Crippen molar-refractivity contribution in [3.63, 3.8) is 0 Å². The van der Waals surface area contributed by atoms with E-state index in [2.05, 4.69) is 46.5 Å². The van der Waals surface area contributed by atoms with E-state index in [0.717, 1.165) is 38.0 Å². The second-order valence-corrected chi connectivity index (χ2v) is 18.4. The summed E-state index contributed by atoms with van der Waals surface area (Å²) in [4.78, 5) is 66.1. The zero-order valence-electron chi connectivity index (χ0n) is 37.9. The number of aromatic nitrogens is 2. The first kappa shape index (κ1) is 54.6. The van der Waals surface area contributed by atoms with E-state index < -0.39 is 53.7 Å². The average Bonchev–Trinajstić information content (AvgIpc) is 4.14. The Bertz CT molecular complexity index is 2740. The highest BCUT2D eigenvalue weighted by Crippen LogP contribution is 2.39.